The van der Waals surface area contributed by atoms with Gasteiger partial charge in [0.2, 0.25) is 0 Å². The molecule has 0 unspecified atom stereocenters. The monoisotopic (exact) mass is 250 g/mol. The number of aromatic nitrogens is 2. The fourth-order valence-corrected chi connectivity index (χ4v) is 2.04. The van der Waals surface area contributed by atoms with Crippen LogP contribution in [0.2, 0.25) is 0 Å². The van der Waals surface area contributed by atoms with Gasteiger partial charge in [-0.05, 0) is 19.8 Å². The first-order chi connectivity index (χ1) is 8.78. The highest BCUT2D eigenvalue weighted by atomic mass is 16.3. The smallest absolute Gasteiger partial charge is 0.134 e. The van der Waals surface area contributed by atoms with Crippen molar-refractivity contribution in [2.24, 2.45) is 0 Å². The van der Waals surface area contributed by atoms with Crippen molar-refractivity contribution in [3.63, 3.8) is 0 Å². The van der Waals surface area contributed by atoms with Crippen LogP contribution in [0.3, 0.4) is 0 Å². The molecule has 0 aromatic carbocycles. The van der Waals surface area contributed by atoms with E-state index in [9.17, 15) is 5.11 Å². The molecule has 0 saturated heterocycles. The van der Waals surface area contributed by atoms with Gasteiger partial charge in [0.05, 0.1) is 6.61 Å². The molecule has 0 radical (unpaired) electrons. The van der Waals surface area contributed by atoms with Crippen molar-refractivity contribution in [3.8, 4) is 0 Å². The summed E-state index contributed by atoms with van der Waals surface area (Å²) in [6.45, 7) is 5.78. The highest BCUT2D eigenvalue weighted by molar-refractivity contribution is 5.51. The zero-order valence-corrected chi connectivity index (χ0v) is 11.2. The summed E-state index contributed by atoms with van der Waals surface area (Å²) in [4.78, 5) is 11.2. The molecule has 1 fully saturated rings. The molecular weight excluding hydrogens is 228 g/mol. The van der Waals surface area contributed by atoms with Gasteiger partial charge in [0.15, 0.2) is 0 Å². The minimum absolute atomic E-state index is 0.165. The van der Waals surface area contributed by atoms with Crippen LogP contribution in [0.1, 0.15) is 32.5 Å². The van der Waals surface area contributed by atoms with Crippen molar-refractivity contribution in [1.29, 1.82) is 0 Å². The summed E-state index contributed by atoms with van der Waals surface area (Å²) in [7, 11) is 0. The van der Waals surface area contributed by atoms with Crippen LogP contribution >= 0.6 is 0 Å². The molecule has 1 aromatic rings. The first-order valence-electron chi connectivity index (χ1n) is 6.77. The van der Waals surface area contributed by atoms with Crippen molar-refractivity contribution in [2.45, 2.75) is 39.2 Å². The molecular formula is C13H22N4O. The lowest BCUT2D eigenvalue weighted by atomic mass is 10.3. The number of hydrogen-bond donors (Lipinski definition) is 2. The average Bonchev–Trinajstić information content (AvgIpc) is 3.20. The summed E-state index contributed by atoms with van der Waals surface area (Å²) in [6, 6.07) is 2.53. The lowest BCUT2D eigenvalue weighted by molar-refractivity contribution is 0.301. The van der Waals surface area contributed by atoms with Crippen LogP contribution in [-0.4, -0.2) is 40.8 Å². The van der Waals surface area contributed by atoms with E-state index in [1.165, 1.54) is 12.8 Å². The molecule has 1 aromatic heterocycles. The molecule has 2 rings (SSSR count). The summed E-state index contributed by atoms with van der Waals surface area (Å²) < 4.78 is 0. The number of rotatable bonds is 7. The molecule has 100 valence electrons. The molecule has 1 saturated carbocycles. The molecule has 0 amide bonds. The van der Waals surface area contributed by atoms with Crippen LogP contribution in [0.15, 0.2) is 6.07 Å². The SMILES string of the molecule is CCNc1cc(N(CCO)C2CC2)nc(CC)n1. The number of aryl methyl sites for hydroxylation is 1. The molecule has 5 heteroatoms. The molecule has 1 aliphatic carbocycles. The molecule has 2 N–H and O–H groups in total. The first kappa shape index (κ1) is 13.1. The second kappa shape index (κ2) is 6.00. The molecule has 5 nitrogen and oxygen atoms in total. The predicted molar refractivity (Wildman–Crippen MR) is 73.0 cm³/mol. The first-order valence-corrected chi connectivity index (χ1v) is 6.77. The highest BCUT2D eigenvalue weighted by Gasteiger charge is 2.30. The van der Waals surface area contributed by atoms with Crippen LogP contribution < -0.4 is 10.2 Å². The molecule has 1 heterocycles. The Kier molecular flexibility index (Phi) is 4.36. The van der Waals surface area contributed by atoms with Gasteiger partial charge in [-0.1, -0.05) is 6.92 Å². The summed E-state index contributed by atoms with van der Waals surface area (Å²) in [5.74, 6) is 2.67. The zero-order chi connectivity index (χ0) is 13.0. The Hall–Kier alpha value is -1.36. The normalized spacial score (nSPS) is 14.6. The van der Waals surface area contributed by atoms with Crippen LogP contribution in [0, 0.1) is 0 Å². The Morgan fingerprint density at radius 2 is 2.17 bits per heavy atom. The highest BCUT2D eigenvalue weighted by Crippen LogP contribution is 2.31. The van der Waals surface area contributed by atoms with Crippen LogP contribution in [-0.2, 0) is 6.42 Å². The maximum absolute atomic E-state index is 9.17. The number of anilines is 2. The lowest BCUT2D eigenvalue weighted by Gasteiger charge is -2.23. The van der Waals surface area contributed by atoms with E-state index in [-0.39, 0.29) is 6.61 Å². The number of nitrogens with zero attached hydrogens (tertiary/aromatic N) is 3. The van der Waals surface area contributed by atoms with E-state index in [2.05, 4.69) is 34.0 Å². The number of aliphatic hydroxyl groups is 1. The Morgan fingerprint density at radius 3 is 2.72 bits per heavy atom. The Labute approximate surface area is 108 Å². The van der Waals surface area contributed by atoms with Gasteiger partial charge in [0.25, 0.3) is 0 Å². The zero-order valence-electron chi connectivity index (χ0n) is 11.2. The quantitative estimate of drug-likeness (QED) is 0.766. The molecule has 18 heavy (non-hydrogen) atoms. The summed E-state index contributed by atoms with van der Waals surface area (Å²) in [5.41, 5.74) is 0. The average molecular weight is 250 g/mol. The molecule has 0 spiro atoms. The molecule has 0 bridgehead atoms. The van der Waals surface area contributed by atoms with Gasteiger partial charge >= 0.3 is 0 Å². The predicted octanol–water partition coefficient (Wildman–Crippen LogP) is 1.43. The molecule has 0 atom stereocenters. The molecule has 1 aliphatic rings. The van der Waals surface area contributed by atoms with E-state index < -0.39 is 0 Å². The van der Waals surface area contributed by atoms with Crippen LogP contribution in [0.4, 0.5) is 11.6 Å². The fraction of sp³-hybridized carbons (Fsp3) is 0.692. The topological polar surface area (TPSA) is 61.3 Å². The third kappa shape index (κ3) is 3.10. The fourth-order valence-electron chi connectivity index (χ4n) is 2.04. The standard InChI is InChI=1S/C13H22N4O/c1-3-11-15-12(14-4-2)9-13(16-11)17(7-8-18)10-5-6-10/h9-10,18H,3-8H2,1-2H3,(H,14,15,16). The van der Waals surface area contributed by atoms with Gasteiger partial charge in [-0.25, -0.2) is 9.97 Å². The lowest BCUT2D eigenvalue weighted by Crippen LogP contribution is -2.30. The second-order valence-electron chi connectivity index (χ2n) is 4.56. The van der Waals surface area contributed by atoms with E-state index in [0.29, 0.717) is 12.6 Å². The van der Waals surface area contributed by atoms with E-state index >= 15 is 0 Å². The van der Waals surface area contributed by atoms with Gasteiger partial charge in [0.1, 0.15) is 17.5 Å². The Morgan fingerprint density at radius 1 is 1.39 bits per heavy atom. The van der Waals surface area contributed by atoms with Gasteiger partial charge in [-0.2, -0.15) is 0 Å². The van der Waals surface area contributed by atoms with Crippen molar-refractivity contribution in [3.05, 3.63) is 11.9 Å². The minimum Gasteiger partial charge on any atom is -0.395 e. The summed E-state index contributed by atoms with van der Waals surface area (Å²) in [5, 5.41) is 12.4. The van der Waals surface area contributed by atoms with Crippen molar-refractivity contribution >= 4 is 11.6 Å². The summed E-state index contributed by atoms with van der Waals surface area (Å²) >= 11 is 0. The maximum atomic E-state index is 9.17. The largest absolute Gasteiger partial charge is 0.395 e. The summed E-state index contributed by atoms with van der Waals surface area (Å²) in [6.07, 6.45) is 3.22. The van der Waals surface area contributed by atoms with E-state index in [1.807, 2.05) is 6.07 Å². The number of aliphatic hydroxyl groups excluding tert-OH is 1. The third-order valence-corrected chi connectivity index (χ3v) is 3.06. The van der Waals surface area contributed by atoms with Gasteiger partial charge in [-0.3, -0.25) is 0 Å². The van der Waals surface area contributed by atoms with Crippen LogP contribution in [0.25, 0.3) is 0 Å². The van der Waals surface area contributed by atoms with Crippen LogP contribution in [0.5, 0.6) is 0 Å². The Balaban J connectivity index is 2.25. The molecule has 0 aliphatic heterocycles. The van der Waals surface area contributed by atoms with Crippen molar-refractivity contribution < 1.29 is 5.11 Å². The van der Waals surface area contributed by atoms with Gasteiger partial charge in [-0.15, -0.1) is 0 Å². The minimum atomic E-state index is 0.165. The number of hydrogen-bond acceptors (Lipinski definition) is 5. The van der Waals surface area contributed by atoms with Crippen molar-refractivity contribution in [2.75, 3.05) is 29.9 Å². The van der Waals surface area contributed by atoms with Gasteiger partial charge < -0.3 is 15.3 Å². The Bertz CT molecular complexity index is 393. The number of nitrogens with one attached hydrogen (secondary N) is 1. The van der Waals surface area contributed by atoms with E-state index in [4.69, 9.17) is 0 Å². The van der Waals surface area contributed by atoms with E-state index in [0.717, 1.165) is 30.4 Å². The van der Waals surface area contributed by atoms with Crippen molar-refractivity contribution in [1.82, 2.24) is 9.97 Å². The van der Waals surface area contributed by atoms with E-state index in [1.54, 1.807) is 0 Å². The van der Waals surface area contributed by atoms with Gasteiger partial charge in [0, 0.05) is 31.6 Å². The third-order valence-electron chi connectivity index (χ3n) is 3.06. The maximum Gasteiger partial charge on any atom is 0.134 e. The second-order valence-corrected chi connectivity index (χ2v) is 4.56.